The molecule has 0 radical (unpaired) electrons. The average molecular weight is 413 g/mol. The number of benzene rings is 2. The second-order valence-electron chi connectivity index (χ2n) is 6.97. The van der Waals surface area contributed by atoms with E-state index in [1.807, 2.05) is 36.4 Å². The number of aromatic nitrogens is 3. The number of hydrogen-bond donors (Lipinski definition) is 1. The number of nitrogens with one attached hydrogen (secondary N) is 1. The highest BCUT2D eigenvalue weighted by Crippen LogP contribution is 2.27. The van der Waals surface area contributed by atoms with Crippen molar-refractivity contribution in [3.05, 3.63) is 106 Å². The highest BCUT2D eigenvalue weighted by molar-refractivity contribution is 6.07. The van der Waals surface area contributed by atoms with Crippen LogP contribution in [0.2, 0.25) is 0 Å². The van der Waals surface area contributed by atoms with Crippen LogP contribution in [0.3, 0.4) is 0 Å². The van der Waals surface area contributed by atoms with Crippen LogP contribution < -0.4 is 5.32 Å². The Hall–Kier alpha value is -4.33. The zero-order valence-electron chi connectivity index (χ0n) is 16.7. The zero-order chi connectivity index (χ0) is 21.8. The van der Waals surface area contributed by atoms with Crippen molar-refractivity contribution in [1.82, 2.24) is 14.5 Å². The zero-order valence-corrected chi connectivity index (χ0v) is 16.7. The van der Waals surface area contributed by atoms with Crippen LogP contribution in [-0.4, -0.2) is 25.2 Å². The first-order chi connectivity index (χ1) is 15.0. The van der Waals surface area contributed by atoms with Gasteiger partial charge in [-0.3, -0.25) is 19.9 Å². The molecule has 8 nitrogen and oxygen atoms in total. The Morgan fingerprint density at radius 1 is 1.10 bits per heavy atom. The van der Waals surface area contributed by atoms with Gasteiger partial charge in [0.05, 0.1) is 4.92 Å². The highest BCUT2D eigenvalue weighted by atomic mass is 16.6. The third-order valence-electron chi connectivity index (χ3n) is 4.91. The molecule has 4 rings (SSSR count). The number of anilines is 1. The molecule has 8 heteroatoms. The van der Waals surface area contributed by atoms with Crippen LogP contribution in [0.1, 0.15) is 21.7 Å². The van der Waals surface area contributed by atoms with Crippen molar-refractivity contribution in [3.63, 3.8) is 0 Å². The minimum absolute atomic E-state index is 0.160. The van der Waals surface area contributed by atoms with Gasteiger partial charge < -0.3 is 9.88 Å². The fraction of sp³-hybridized carbons (Fsp3) is 0.0870. The van der Waals surface area contributed by atoms with Crippen LogP contribution in [-0.2, 0) is 13.6 Å². The van der Waals surface area contributed by atoms with Gasteiger partial charge in [0.15, 0.2) is 5.82 Å². The van der Waals surface area contributed by atoms with Gasteiger partial charge >= 0.3 is 0 Å². The van der Waals surface area contributed by atoms with Crippen LogP contribution in [0.5, 0.6) is 0 Å². The molecule has 0 saturated heterocycles. The quantitative estimate of drug-likeness (QED) is 0.276. The van der Waals surface area contributed by atoms with Crippen LogP contribution in [0.25, 0.3) is 11.1 Å². The third kappa shape index (κ3) is 4.32. The van der Waals surface area contributed by atoms with Gasteiger partial charge in [0.1, 0.15) is 5.69 Å². The van der Waals surface area contributed by atoms with E-state index in [0.717, 1.165) is 16.7 Å². The van der Waals surface area contributed by atoms with Crippen molar-refractivity contribution in [2.45, 2.75) is 6.54 Å². The number of imidazole rings is 1. The molecule has 2 aromatic carbocycles. The maximum Gasteiger partial charge on any atom is 0.293 e. The Morgan fingerprint density at radius 2 is 1.90 bits per heavy atom. The number of pyridine rings is 1. The van der Waals surface area contributed by atoms with E-state index in [2.05, 4.69) is 15.3 Å². The van der Waals surface area contributed by atoms with E-state index >= 15 is 0 Å². The third-order valence-corrected chi connectivity index (χ3v) is 4.91. The molecule has 4 aromatic rings. The van der Waals surface area contributed by atoms with Gasteiger partial charge in [-0.05, 0) is 34.9 Å². The van der Waals surface area contributed by atoms with Crippen LogP contribution in [0.4, 0.5) is 11.4 Å². The van der Waals surface area contributed by atoms with Gasteiger partial charge in [-0.15, -0.1) is 0 Å². The van der Waals surface area contributed by atoms with Crippen LogP contribution in [0, 0.1) is 10.1 Å². The molecule has 154 valence electrons. The second kappa shape index (κ2) is 8.58. The fourth-order valence-electron chi connectivity index (χ4n) is 3.23. The molecule has 2 heterocycles. The maximum atomic E-state index is 12.6. The molecule has 31 heavy (non-hydrogen) atoms. The smallest absolute Gasteiger partial charge is 0.293 e. The van der Waals surface area contributed by atoms with E-state index in [9.17, 15) is 14.9 Å². The lowest BCUT2D eigenvalue weighted by atomic mass is 10.1. The monoisotopic (exact) mass is 413 g/mol. The minimum atomic E-state index is -0.497. The number of ketones is 1. The minimum Gasteiger partial charge on any atom is -0.375 e. The summed E-state index contributed by atoms with van der Waals surface area (Å²) < 4.78 is 1.58. The summed E-state index contributed by atoms with van der Waals surface area (Å²) >= 11 is 0. The summed E-state index contributed by atoms with van der Waals surface area (Å²) in [5, 5.41) is 14.7. The first-order valence-corrected chi connectivity index (χ1v) is 9.56. The first kappa shape index (κ1) is 20.0. The molecular formula is C23H19N5O3. The number of nitro benzene ring substituents is 1. The van der Waals surface area contributed by atoms with E-state index in [0.29, 0.717) is 12.2 Å². The maximum absolute atomic E-state index is 12.6. The lowest BCUT2D eigenvalue weighted by Crippen LogP contribution is -2.10. The average Bonchev–Trinajstić information content (AvgIpc) is 3.23. The van der Waals surface area contributed by atoms with E-state index in [-0.39, 0.29) is 22.9 Å². The Balaban J connectivity index is 1.51. The van der Waals surface area contributed by atoms with Gasteiger partial charge in [-0.25, -0.2) is 4.98 Å². The Labute approximate surface area is 178 Å². The van der Waals surface area contributed by atoms with Gasteiger partial charge in [0, 0.05) is 50.0 Å². The lowest BCUT2D eigenvalue weighted by molar-refractivity contribution is -0.384. The van der Waals surface area contributed by atoms with Gasteiger partial charge in [0.2, 0.25) is 5.78 Å². The Bertz CT molecular complexity index is 1230. The number of aryl methyl sites for hydroxylation is 1. The Morgan fingerprint density at radius 3 is 2.55 bits per heavy atom. The van der Waals surface area contributed by atoms with Crippen LogP contribution >= 0.6 is 0 Å². The number of nitro groups is 1. The SMILES string of the molecule is Cn1ccnc1C(=O)c1ccc(NCc2ccc(-c3cccnc3)cc2)c([N+](=O)[O-])c1. The summed E-state index contributed by atoms with van der Waals surface area (Å²) in [5.41, 5.74) is 3.43. The van der Waals surface area contributed by atoms with Crippen molar-refractivity contribution >= 4 is 17.2 Å². The molecule has 0 aliphatic heterocycles. The van der Waals surface area contributed by atoms with E-state index in [4.69, 9.17) is 0 Å². The Kier molecular flexibility index (Phi) is 5.53. The van der Waals surface area contributed by atoms with Crippen molar-refractivity contribution in [1.29, 1.82) is 0 Å². The van der Waals surface area contributed by atoms with Crippen molar-refractivity contribution in [2.75, 3.05) is 5.32 Å². The molecule has 0 fully saturated rings. The number of carbonyl (C=O) groups is 1. The van der Waals surface area contributed by atoms with Crippen molar-refractivity contribution in [3.8, 4) is 11.1 Å². The van der Waals surface area contributed by atoms with E-state index in [1.54, 1.807) is 42.3 Å². The number of carbonyl (C=O) groups excluding carboxylic acids is 1. The number of nitrogens with zero attached hydrogens (tertiary/aromatic N) is 4. The van der Waals surface area contributed by atoms with Crippen molar-refractivity contribution in [2.24, 2.45) is 7.05 Å². The predicted octanol–water partition coefficient (Wildman–Crippen LogP) is 4.23. The summed E-state index contributed by atoms with van der Waals surface area (Å²) in [7, 11) is 1.70. The summed E-state index contributed by atoms with van der Waals surface area (Å²) in [6.45, 7) is 0.404. The van der Waals surface area contributed by atoms with Gasteiger partial charge in [0.25, 0.3) is 5.69 Å². The predicted molar refractivity (Wildman–Crippen MR) is 117 cm³/mol. The standard InChI is InChI=1S/C23H19N5O3/c1-27-12-11-25-23(27)22(29)18-8-9-20(21(13-18)28(30)31)26-14-16-4-6-17(7-5-16)19-3-2-10-24-15-19/h2-13,15,26H,14H2,1H3. The van der Waals surface area contributed by atoms with E-state index < -0.39 is 4.92 Å². The molecular weight excluding hydrogens is 394 g/mol. The molecule has 0 unspecified atom stereocenters. The van der Waals surface area contributed by atoms with Gasteiger partial charge in [-0.2, -0.15) is 0 Å². The van der Waals surface area contributed by atoms with Crippen molar-refractivity contribution < 1.29 is 9.72 Å². The number of rotatable bonds is 7. The van der Waals surface area contributed by atoms with Crippen LogP contribution in [0.15, 0.2) is 79.4 Å². The van der Waals surface area contributed by atoms with Gasteiger partial charge in [-0.1, -0.05) is 30.3 Å². The summed E-state index contributed by atoms with van der Waals surface area (Å²) in [6, 6.07) is 16.2. The summed E-state index contributed by atoms with van der Waals surface area (Å²) in [5.74, 6) is -0.142. The highest BCUT2D eigenvalue weighted by Gasteiger charge is 2.20. The first-order valence-electron chi connectivity index (χ1n) is 9.56. The molecule has 2 aromatic heterocycles. The summed E-state index contributed by atoms with van der Waals surface area (Å²) in [4.78, 5) is 31.8. The second-order valence-corrected chi connectivity index (χ2v) is 6.97. The van der Waals surface area contributed by atoms with E-state index in [1.165, 1.54) is 12.3 Å². The molecule has 0 aliphatic rings. The molecule has 0 aliphatic carbocycles. The molecule has 0 atom stereocenters. The summed E-state index contributed by atoms with van der Waals surface area (Å²) in [6.07, 6.45) is 6.68. The molecule has 0 spiro atoms. The fourth-order valence-corrected chi connectivity index (χ4v) is 3.23. The molecule has 0 amide bonds. The normalized spacial score (nSPS) is 10.6. The largest absolute Gasteiger partial charge is 0.375 e. The molecule has 0 bridgehead atoms. The molecule has 0 saturated carbocycles. The molecule has 1 N–H and O–H groups in total. The topological polar surface area (TPSA) is 103 Å². The number of hydrogen-bond acceptors (Lipinski definition) is 6. The lowest BCUT2D eigenvalue weighted by Gasteiger charge is -2.09.